The molecule has 0 saturated carbocycles. The van der Waals surface area contributed by atoms with Crippen molar-refractivity contribution >= 4 is 0 Å². The summed E-state index contributed by atoms with van der Waals surface area (Å²) in [5.74, 6) is 0. The van der Waals surface area contributed by atoms with Gasteiger partial charge in [-0.3, -0.25) is 4.90 Å². The van der Waals surface area contributed by atoms with E-state index in [9.17, 15) is 5.11 Å². The minimum Gasteiger partial charge on any atom is -0.395 e. The predicted octanol–water partition coefficient (Wildman–Crippen LogP) is 3.59. The average Bonchev–Trinajstić information content (AvgIpc) is 2.34. The molecule has 0 aromatic heterocycles. The third-order valence-electron chi connectivity index (χ3n) is 4.05. The Kier molecular flexibility index (Phi) is 6.53. The van der Waals surface area contributed by atoms with Crippen LogP contribution in [0.25, 0.3) is 0 Å². The van der Waals surface area contributed by atoms with E-state index in [1.165, 1.54) is 22.3 Å². The van der Waals surface area contributed by atoms with Crippen LogP contribution in [0.1, 0.15) is 48.9 Å². The highest BCUT2D eigenvalue weighted by molar-refractivity contribution is 5.37. The second kappa shape index (κ2) is 7.66. The first-order chi connectivity index (χ1) is 9.03. The number of aliphatic hydroxyl groups excluding tert-OH is 1. The van der Waals surface area contributed by atoms with Crippen molar-refractivity contribution in [3.05, 3.63) is 34.4 Å². The van der Waals surface area contributed by atoms with Crippen LogP contribution in [0, 0.1) is 20.8 Å². The molecule has 19 heavy (non-hydrogen) atoms. The molecule has 0 bridgehead atoms. The number of benzene rings is 1. The van der Waals surface area contributed by atoms with Crippen LogP contribution in [0.3, 0.4) is 0 Å². The minimum atomic E-state index is 0.237. The van der Waals surface area contributed by atoms with E-state index in [0.717, 1.165) is 25.9 Å². The number of nitrogens with zero attached hydrogens (tertiary/aromatic N) is 1. The zero-order chi connectivity index (χ0) is 14.4. The molecule has 0 aliphatic heterocycles. The van der Waals surface area contributed by atoms with Gasteiger partial charge in [0.25, 0.3) is 0 Å². The highest BCUT2D eigenvalue weighted by Crippen LogP contribution is 2.20. The fourth-order valence-electron chi connectivity index (χ4n) is 2.99. The summed E-state index contributed by atoms with van der Waals surface area (Å²) in [6.07, 6.45) is 2.28. The fraction of sp³-hybridized carbons (Fsp3) is 0.647. The molecule has 0 fully saturated rings. The van der Waals surface area contributed by atoms with Crippen molar-refractivity contribution in [1.82, 2.24) is 4.90 Å². The third-order valence-corrected chi connectivity index (χ3v) is 4.05. The van der Waals surface area contributed by atoms with Crippen molar-refractivity contribution in [1.29, 1.82) is 0 Å². The molecule has 1 rings (SSSR count). The molecule has 0 unspecified atom stereocenters. The third kappa shape index (κ3) is 4.32. The Hall–Kier alpha value is -0.860. The van der Waals surface area contributed by atoms with E-state index in [2.05, 4.69) is 51.7 Å². The maximum atomic E-state index is 9.30. The molecule has 0 heterocycles. The normalized spacial score (nSPS) is 11.6. The second-order valence-corrected chi connectivity index (χ2v) is 5.54. The van der Waals surface area contributed by atoms with Gasteiger partial charge in [-0.15, -0.1) is 0 Å². The smallest absolute Gasteiger partial charge is 0.0558 e. The Balaban J connectivity index is 2.96. The number of aryl methyl sites for hydroxylation is 3. The van der Waals surface area contributed by atoms with Gasteiger partial charge in [0.15, 0.2) is 0 Å². The molecule has 0 saturated heterocycles. The summed E-state index contributed by atoms with van der Waals surface area (Å²) in [5, 5.41) is 9.30. The summed E-state index contributed by atoms with van der Waals surface area (Å²) in [6.45, 7) is 12.9. The van der Waals surface area contributed by atoms with Gasteiger partial charge in [-0.05, 0) is 50.3 Å². The molecule has 1 N–H and O–H groups in total. The average molecular weight is 263 g/mol. The van der Waals surface area contributed by atoms with E-state index in [4.69, 9.17) is 0 Å². The maximum Gasteiger partial charge on any atom is 0.0558 e. The van der Waals surface area contributed by atoms with Gasteiger partial charge in [-0.2, -0.15) is 0 Å². The number of rotatable bonds is 7. The molecule has 0 amide bonds. The lowest BCUT2D eigenvalue weighted by Crippen LogP contribution is -2.36. The summed E-state index contributed by atoms with van der Waals surface area (Å²) < 4.78 is 0. The van der Waals surface area contributed by atoms with Crippen molar-refractivity contribution in [2.24, 2.45) is 0 Å². The monoisotopic (exact) mass is 263 g/mol. The fourth-order valence-corrected chi connectivity index (χ4v) is 2.99. The molecular weight excluding hydrogens is 234 g/mol. The predicted molar refractivity (Wildman–Crippen MR) is 82.5 cm³/mol. The Morgan fingerprint density at radius 1 is 1.05 bits per heavy atom. The van der Waals surface area contributed by atoms with Crippen molar-refractivity contribution in [2.75, 3.05) is 13.2 Å². The maximum absolute atomic E-state index is 9.30. The van der Waals surface area contributed by atoms with E-state index in [1.807, 2.05) is 0 Å². The Morgan fingerprint density at radius 3 is 2.00 bits per heavy atom. The molecule has 108 valence electrons. The van der Waals surface area contributed by atoms with Gasteiger partial charge in [0.05, 0.1) is 6.61 Å². The Labute approximate surface area is 118 Å². The lowest BCUT2D eigenvalue weighted by atomic mass is 9.98. The van der Waals surface area contributed by atoms with Crippen LogP contribution in [-0.2, 0) is 6.54 Å². The zero-order valence-corrected chi connectivity index (χ0v) is 13.2. The van der Waals surface area contributed by atoms with E-state index >= 15 is 0 Å². The van der Waals surface area contributed by atoms with Gasteiger partial charge < -0.3 is 5.11 Å². The van der Waals surface area contributed by atoms with E-state index in [0.29, 0.717) is 6.04 Å². The largest absolute Gasteiger partial charge is 0.395 e. The lowest BCUT2D eigenvalue weighted by Gasteiger charge is -2.31. The second-order valence-electron chi connectivity index (χ2n) is 5.54. The summed E-state index contributed by atoms with van der Waals surface area (Å²) in [7, 11) is 0. The van der Waals surface area contributed by atoms with Crippen molar-refractivity contribution < 1.29 is 5.11 Å². The summed E-state index contributed by atoms with van der Waals surface area (Å²) >= 11 is 0. The van der Waals surface area contributed by atoms with Crippen molar-refractivity contribution in [2.45, 2.75) is 60.0 Å². The van der Waals surface area contributed by atoms with Gasteiger partial charge in [0, 0.05) is 19.1 Å². The minimum absolute atomic E-state index is 0.237. The van der Waals surface area contributed by atoms with Crippen molar-refractivity contribution in [3.63, 3.8) is 0 Å². The van der Waals surface area contributed by atoms with Crippen LogP contribution in [0.4, 0.5) is 0 Å². The first kappa shape index (κ1) is 16.2. The number of hydrogen-bond donors (Lipinski definition) is 1. The van der Waals surface area contributed by atoms with Crippen molar-refractivity contribution in [3.8, 4) is 0 Å². The highest BCUT2D eigenvalue weighted by Gasteiger charge is 2.16. The Bertz CT molecular complexity index is 373. The van der Waals surface area contributed by atoms with Gasteiger partial charge >= 0.3 is 0 Å². The summed E-state index contributed by atoms with van der Waals surface area (Å²) in [5.41, 5.74) is 5.48. The van der Waals surface area contributed by atoms with Crippen LogP contribution in [0.2, 0.25) is 0 Å². The summed E-state index contributed by atoms with van der Waals surface area (Å²) in [6, 6.07) is 5.07. The molecule has 2 heteroatoms. The first-order valence-corrected chi connectivity index (χ1v) is 7.45. The van der Waals surface area contributed by atoms with Gasteiger partial charge in [-0.25, -0.2) is 0 Å². The first-order valence-electron chi connectivity index (χ1n) is 7.45. The zero-order valence-electron chi connectivity index (χ0n) is 13.2. The molecular formula is C17H29NO. The molecule has 0 aliphatic rings. The van der Waals surface area contributed by atoms with Crippen LogP contribution >= 0.6 is 0 Å². The molecule has 2 nitrogen and oxygen atoms in total. The van der Waals surface area contributed by atoms with Gasteiger partial charge in [0.1, 0.15) is 0 Å². The van der Waals surface area contributed by atoms with Crippen LogP contribution in [-0.4, -0.2) is 29.2 Å². The highest BCUT2D eigenvalue weighted by atomic mass is 16.3. The van der Waals surface area contributed by atoms with Crippen LogP contribution < -0.4 is 0 Å². The molecule has 1 aromatic rings. The summed E-state index contributed by atoms with van der Waals surface area (Å²) in [4.78, 5) is 2.42. The van der Waals surface area contributed by atoms with E-state index in [1.54, 1.807) is 0 Å². The standard InChI is InChI=1S/C17H29NO/c1-6-16(7-2)18(8-9-19)12-17-14(4)10-13(3)11-15(17)5/h10-11,16,19H,6-9,12H2,1-5H3. The van der Waals surface area contributed by atoms with Crippen LogP contribution in [0.15, 0.2) is 12.1 Å². The van der Waals surface area contributed by atoms with Gasteiger partial charge in [0.2, 0.25) is 0 Å². The van der Waals surface area contributed by atoms with E-state index < -0.39 is 0 Å². The molecule has 0 atom stereocenters. The quantitative estimate of drug-likeness (QED) is 0.812. The Morgan fingerprint density at radius 2 is 1.58 bits per heavy atom. The molecule has 0 spiro atoms. The molecule has 0 aliphatic carbocycles. The SMILES string of the molecule is CCC(CC)N(CCO)Cc1c(C)cc(C)cc1C. The van der Waals surface area contributed by atoms with Crippen LogP contribution in [0.5, 0.6) is 0 Å². The van der Waals surface area contributed by atoms with Gasteiger partial charge in [-0.1, -0.05) is 31.5 Å². The topological polar surface area (TPSA) is 23.5 Å². The number of aliphatic hydroxyl groups is 1. The molecule has 0 radical (unpaired) electrons. The van der Waals surface area contributed by atoms with E-state index in [-0.39, 0.29) is 6.61 Å². The molecule has 1 aromatic carbocycles. The lowest BCUT2D eigenvalue weighted by molar-refractivity contribution is 0.136. The number of hydrogen-bond acceptors (Lipinski definition) is 2.